The smallest absolute Gasteiger partial charge is 0.326 e. The molecular weight excluding hydrogens is 308 g/mol. The maximum Gasteiger partial charge on any atom is 0.326 e. The maximum atomic E-state index is 12.8. The maximum absolute atomic E-state index is 12.8. The fourth-order valence-electron chi connectivity index (χ4n) is 3.39. The lowest BCUT2D eigenvalue weighted by Crippen LogP contribution is -2.44. The Morgan fingerprint density at radius 1 is 1.17 bits per heavy atom. The lowest BCUT2D eigenvalue weighted by Gasteiger charge is -2.25. The summed E-state index contributed by atoms with van der Waals surface area (Å²) in [7, 11) is 0. The van der Waals surface area contributed by atoms with Crippen LogP contribution in [0.2, 0.25) is 0 Å². The van der Waals surface area contributed by atoms with Gasteiger partial charge in [-0.25, -0.2) is 4.79 Å². The van der Waals surface area contributed by atoms with Gasteiger partial charge >= 0.3 is 5.97 Å². The van der Waals surface area contributed by atoms with Crippen LogP contribution in [0.5, 0.6) is 0 Å². The molecule has 1 saturated carbocycles. The second kappa shape index (κ2) is 8.47. The number of carboxylic acids is 1. The highest BCUT2D eigenvalue weighted by molar-refractivity contribution is 5.88. The normalized spacial score (nSPS) is 17.2. The average Bonchev–Trinajstić information content (AvgIpc) is 3.06. The van der Waals surface area contributed by atoms with Gasteiger partial charge in [-0.3, -0.25) is 9.59 Å². The number of carbonyl (C=O) groups is 3. The van der Waals surface area contributed by atoms with Gasteiger partial charge in [-0.1, -0.05) is 43.2 Å². The predicted octanol–water partition coefficient (Wildman–Crippen LogP) is 1.80. The van der Waals surface area contributed by atoms with Gasteiger partial charge in [-0.15, -0.1) is 0 Å². The van der Waals surface area contributed by atoms with Crippen molar-refractivity contribution in [1.82, 2.24) is 5.32 Å². The van der Waals surface area contributed by atoms with E-state index in [1.54, 1.807) is 0 Å². The van der Waals surface area contributed by atoms with Crippen LogP contribution in [0.4, 0.5) is 0 Å². The van der Waals surface area contributed by atoms with Gasteiger partial charge in [0.2, 0.25) is 11.8 Å². The number of carboxylic acid groups (broad SMARTS) is 1. The van der Waals surface area contributed by atoms with Crippen molar-refractivity contribution in [3.63, 3.8) is 0 Å². The summed E-state index contributed by atoms with van der Waals surface area (Å²) in [4.78, 5) is 35.1. The van der Waals surface area contributed by atoms with E-state index in [0.29, 0.717) is 0 Å². The first-order valence-electron chi connectivity index (χ1n) is 8.35. The molecule has 1 aromatic rings. The first-order valence-corrected chi connectivity index (χ1v) is 8.35. The minimum absolute atomic E-state index is 0.00256. The van der Waals surface area contributed by atoms with Gasteiger partial charge in [0, 0.05) is 6.42 Å². The van der Waals surface area contributed by atoms with E-state index >= 15 is 0 Å². The highest BCUT2D eigenvalue weighted by atomic mass is 16.4. The summed E-state index contributed by atoms with van der Waals surface area (Å²) in [6, 6.07) is 8.36. The van der Waals surface area contributed by atoms with E-state index < -0.39 is 17.9 Å². The Morgan fingerprint density at radius 2 is 1.79 bits per heavy atom. The van der Waals surface area contributed by atoms with Gasteiger partial charge in [0.25, 0.3) is 0 Å². The number of benzene rings is 1. The number of hydrogen-bond acceptors (Lipinski definition) is 3. The number of primary amides is 1. The van der Waals surface area contributed by atoms with Gasteiger partial charge in [0.15, 0.2) is 0 Å². The molecular formula is C18H24N2O4. The Hall–Kier alpha value is -2.37. The van der Waals surface area contributed by atoms with Crippen LogP contribution >= 0.6 is 0 Å². The molecule has 0 aromatic heterocycles. The molecule has 1 aliphatic carbocycles. The molecule has 6 nitrogen and oxygen atoms in total. The Bertz CT molecular complexity index is 582. The van der Waals surface area contributed by atoms with Gasteiger partial charge in [-0.2, -0.15) is 0 Å². The fourth-order valence-corrected chi connectivity index (χ4v) is 3.39. The summed E-state index contributed by atoms with van der Waals surface area (Å²) in [5.74, 6) is -2.15. The van der Waals surface area contributed by atoms with E-state index in [9.17, 15) is 19.5 Å². The molecule has 1 aromatic carbocycles. The van der Waals surface area contributed by atoms with Crippen molar-refractivity contribution in [3.05, 3.63) is 35.9 Å². The summed E-state index contributed by atoms with van der Waals surface area (Å²) >= 11 is 0. The second-order valence-electron chi connectivity index (χ2n) is 6.34. The van der Waals surface area contributed by atoms with Crippen molar-refractivity contribution >= 4 is 17.8 Å². The van der Waals surface area contributed by atoms with Crippen LogP contribution in [-0.4, -0.2) is 28.9 Å². The summed E-state index contributed by atoms with van der Waals surface area (Å²) in [6.07, 6.45) is 4.04. The average molecular weight is 332 g/mol. The van der Waals surface area contributed by atoms with Gasteiger partial charge in [0.1, 0.15) is 6.04 Å². The quantitative estimate of drug-likeness (QED) is 0.674. The minimum atomic E-state index is -1.15. The molecule has 0 bridgehead atoms. The van der Waals surface area contributed by atoms with Gasteiger partial charge < -0.3 is 16.2 Å². The van der Waals surface area contributed by atoms with Crippen molar-refractivity contribution in [3.8, 4) is 0 Å². The molecule has 0 radical (unpaired) electrons. The molecule has 4 N–H and O–H groups in total. The van der Waals surface area contributed by atoms with Crippen LogP contribution in [0.15, 0.2) is 30.3 Å². The molecule has 6 heteroatoms. The SMILES string of the molecule is NC(=O)CC[C@H](NC(=O)C(c1ccccc1)C1CCCC1)C(=O)O. The van der Waals surface area contributed by atoms with Crippen molar-refractivity contribution in [2.75, 3.05) is 0 Å². The van der Waals surface area contributed by atoms with Crippen LogP contribution in [0.1, 0.15) is 50.0 Å². The monoisotopic (exact) mass is 332 g/mol. The first-order chi connectivity index (χ1) is 11.5. The molecule has 0 aliphatic heterocycles. The van der Waals surface area contributed by atoms with Crippen molar-refractivity contribution < 1.29 is 19.5 Å². The first kappa shape index (κ1) is 18.0. The zero-order valence-electron chi connectivity index (χ0n) is 13.6. The Kier molecular flexibility index (Phi) is 6.35. The number of hydrogen-bond donors (Lipinski definition) is 3. The Labute approximate surface area is 141 Å². The lowest BCUT2D eigenvalue weighted by molar-refractivity contribution is -0.142. The molecule has 1 fully saturated rings. The summed E-state index contributed by atoms with van der Waals surface area (Å²) in [6.45, 7) is 0. The molecule has 1 unspecified atom stereocenters. The molecule has 0 spiro atoms. The molecule has 1 aliphatic rings. The number of carbonyl (C=O) groups excluding carboxylic acids is 2. The Morgan fingerprint density at radius 3 is 2.33 bits per heavy atom. The lowest BCUT2D eigenvalue weighted by atomic mass is 9.84. The summed E-state index contributed by atoms with van der Waals surface area (Å²) < 4.78 is 0. The van der Waals surface area contributed by atoms with Gasteiger partial charge in [-0.05, 0) is 30.7 Å². The zero-order valence-corrected chi connectivity index (χ0v) is 13.6. The number of nitrogens with one attached hydrogen (secondary N) is 1. The number of aliphatic carboxylic acids is 1. The number of nitrogens with two attached hydrogens (primary N) is 1. The molecule has 24 heavy (non-hydrogen) atoms. The highest BCUT2D eigenvalue weighted by Gasteiger charge is 2.34. The van der Waals surface area contributed by atoms with Crippen LogP contribution in [0.3, 0.4) is 0 Å². The molecule has 2 amide bonds. The van der Waals surface area contributed by atoms with E-state index in [-0.39, 0.29) is 30.6 Å². The van der Waals surface area contributed by atoms with Crippen molar-refractivity contribution in [1.29, 1.82) is 0 Å². The van der Waals surface area contributed by atoms with Gasteiger partial charge in [0.05, 0.1) is 5.92 Å². The predicted molar refractivity (Wildman–Crippen MR) is 89.1 cm³/mol. The fraction of sp³-hybridized carbons (Fsp3) is 0.500. The number of rotatable bonds is 8. The van der Waals surface area contributed by atoms with Crippen molar-refractivity contribution in [2.45, 2.75) is 50.5 Å². The van der Waals surface area contributed by atoms with E-state index in [0.717, 1.165) is 31.2 Å². The third-order valence-electron chi connectivity index (χ3n) is 4.61. The molecule has 130 valence electrons. The van der Waals surface area contributed by atoms with E-state index in [4.69, 9.17) is 5.73 Å². The van der Waals surface area contributed by atoms with Crippen molar-refractivity contribution in [2.24, 2.45) is 11.7 Å². The third-order valence-corrected chi connectivity index (χ3v) is 4.61. The van der Waals surface area contributed by atoms with Crippen LogP contribution < -0.4 is 11.1 Å². The minimum Gasteiger partial charge on any atom is -0.480 e. The van der Waals surface area contributed by atoms with E-state index in [2.05, 4.69) is 5.32 Å². The molecule has 0 heterocycles. The molecule has 2 rings (SSSR count). The van der Waals surface area contributed by atoms with E-state index in [1.807, 2.05) is 30.3 Å². The second-order valence-corrected chi connectivity index (χ2v) is 6.34. The molecule has 0 saturated heterocycles. The third kappa shape index (κ3) is 4.81. The van der Waals surface area contributed by atoms with Crippen LogP contribution in [0.25, 0.3) is 0 Å². The van der Waals surface area contributed by atoms with Crippen LogP contribution in [-0.2, 0) is 14.4 Å². The topological polar surface area (TPSA) is 109 Å². The zero-order chi connectivity index (χ0) is 17.5. The largest absolute Gasteiger partial charge is 0.480 e. The Balaban J connectivity index is 2.14. The number of amides is 2. The van der Waals surface area contributed by atoms with E-state index in [1.165, 1.54) is 0 Å². The van der Waals surface area contributed by atoms with Crippen LogP contribution in [0, 0.1) is 5.92 Å². The summed E-state index contributed by atoms with van der Waals surface area (Å²) in [5, 5.41) is 11.9. The highest BCUT2D eigenvalue weighted by Crippen LogP contribution is 2.37. The molecule has 2 atom stereocenters. The summed E-state index contributed by atoms with van der Waals surface area (Å²) in [5.41, 5.74) is 5.98. The standard InChI is InChI=1S/C18H24N2O4/c19-15(21)11-10-14(18(23)24)20-17(22)16(13-8-4-5-9-13)12-6-2-1-3-7-12/h1-3,6-7,13-14,16H,4-5,8-11H2,(H2,19,21)(H,20,22)(H,23,24)/t14-,16?/m0/s1.